The predicted octanol–water partition coefficient (Wildman–Crippen LogP) is 2.16. The Balaban J connectivity index is 1.56. The summed E-state index contributed by atoms with van der Waals surface area (Å²) in [6, 6.07) is 1.73. The molecule has 3 heterocycles. The van der Waals surface area contributed by atoms with E-state index in [1.807, 2.05) is 13.8 Å². The molecule has 0 aliphatic carbocycles. The first-order chi connectivity index (χ1) is 11.5. The van der Waals surface area contributed by atoms with Crippen molar-refractivity contribution in [1.29, 1.82) is 0 Å². The summed E-state index contributed by atoms with van der Waals surface area (Å²) >= 11 is 0. The fourth-order valence-corrected chi connectivity index (χ4v) is 3.13. The van der Waals surface area contributed by atoms with Crippen LogP contribution in [-0.2, 0) is 17.8 Å². The van der Waals surface area contributed by atoms with E-state index < -0.39 is 6.17 Å². The van der Waals surface area contributed by atoms with Gasteiger partial charge in [-0.05, 0) is 31.9 Å². The number of carbonyl (C=O) groups is 1. The van der Waals surface area contributed by atoms with Crippen molar-refractivity contribution in [3.05, 3.63) is 41.2 Å². The van der Waals surface area contributed by atoms with Crippen LogP contribution in [0.5, 0.6) is 0 Å². The van der Waals surface area contributed by atoms with Crippen LogP contribution in [0.1, 0.15) is 29.0 Å². The van der Waals surface area contributed by atoms with Crippen LogP contribution in [0.2, 0.25) is 0 Å². The van der Waals surface area contributed by atoms with Crippen LogP contribution < -0.4 is 5.32 Å². The van der Waals surface area contributed by atoms with Gasteiger partial charge in [0, 0.05) is 31.2 Å². The summed E-state index contributed by atoms with van der Waals surface area (Å²) in [5, 5.41) is 6.84. The van der Waals surface area contributed by atoms with E-state index in [1.54, 1.807) is 18.6 Å². The standard InChI is InChI=1S/C17H22FN3O3/c1-11-16(12(2)24-20-11)9-21-8-14(18)6-15(21)7-19-17(22)5-13-3-4-23-10-13/h3-4,10,14-15H,5-9H2,1-2H3,(H,19,22)/t14-,15-/m0/s1. The topological polar surface area (TPSA) is 71.5 Å². The molecule has 0 unspecified atom stereocenters. The number of nitrogens with one attached hydrogen (secondary N) is 1. The van der Waals surface area contributed by atoms with Gasteiger partial charge in [0.2, 0.25) is 5.91 Å². The quantitative estimate of drug-likeness (QED) is 0.876. The Morgan fingerprint density at radius 1 is 1.50 bits per heavy atom. The summed E-state index contributed by atoms with van der Waals surface area (Å²) in [6.07, 6.45) is 2.91. The summed E-state index contributed by atoms with van der Waals surface area (Å²) in [7, 11) is 0. The lowest BCUT2D eigenvalue weighted by Crippen LogP contribution is -2.40. The number of furan rings is 1. The molecule has 2 atom stereocenters. The third kappa shape index (κ3) is 3.84. The SMILES string of the molecule is Cc1noc(C)c1CN1C[C@@H](F)C[C@H]1CNC(=O)Cc1ccoc1. The van der Waals surface area contributed by atoms with E-state index in [2.05, 4.69) is 15.4 Å². The molecule has 1 amide bonds. The molecule has 1 saturated heterocycles. The lowest BCUT2D eigenvalue weighted by Gasteiger charge is -2.24. The van der Waals surface area contributed by atoms with Crippen LogP contribution in [0.3, 0.4) is 0 Å². The summed E-state index contributed by atoms with van der Waals surface area (Å²) in [5.74, 6) is 0.675. The molecule has 1 N–H and O–H groups in total. The monoisotopic (exact) mass is 335 g/mol. The van der Waals surface area contributed by atoms with Crippen LogP contribution in [-0.4, -0.2) is 41.3 Å². The van der Waals surface area contributed by atoms with Crippen LogP contribution >= 0.6 is 0 Å². The van der Waals surface area contributed by atoms with E-state index in [-0.39, 0.29) is 18.4 Å². The Kier molecular flexibility index (Phi) is 4.99. The number of halogens is 1. The van der Waals surface area contributed by atoms with Crippen LogP contribution in [0, 0.1) is 13.8 Å². The Morgan fingerprint density at radius 3 is 3.00 bits per heavy atom. The minimum atomic E-state index is -0.874. The van der Waals surface area contributed by atoms with Gasteiger partial charge >= 0.3 is 0 Å². The largest absolute Gasteiger partial charge is 0.472 e. The smallest absolute Gasteiger partial charge is 0.224 e. The fraction of sp³-hybridized carbons (Fsp3) is 0.529. The first kappa shape index (κ1) is 16.7. The molecule has 7 heteroatoms. The Bertz CT molecular complexity index is 664. The van der Waals surface area contributed by atoms with Crippen molar-refractivity contribution >= 4 is 5.91 Å². The highest BCUT2D eigenvalue weighted by Gasteiger charge is 2.33. The predicted molar refractivity (Wildman–Crippen MR) is 85.1 cm³/mol. The number of likely N-dealkylation sites (tertiary alicyclic amines) is 1. The molecule has 0 saturated carbocycles. The third-order valence-electron chi connectivity index (χ3n) is 4.50. The molecule has 2 aromatic rings. The average Bonchev–Trinajstić information content (AvgIpc) is 3.23. The molecular weight excluding hydrogens is 313 g/mol. The van der Waals surface area contributed by atoms with Crippen molar-refractivity contribution in [2.45, 2.75) is 45.4 Å². The van der Waals surface area contributed by atoms with Crippen molar-refractivity contribution in [3.8, 4) is 0 Å². The van der Waals surface area contributed by atoms with E-state index in [9.17, 15) is 9.18 Å². The maximum absolute atomic E-state index is 13.9. The lowest BCUT2D eigenvalue weighted by atomic mass is 10.1. The van der Waals surface area contributed by atoms with Crippen molar-refractivity contribution in [2.24, 2.45) is 0 Å². The van der Waals surface area contributed by atoms with Crippen molar-refractivity contribution in [3.63, 3.8) is 0 Å². The first-order valence-corrected chi connectivity index (χ1v) is 8.10. The van der Waals surface area contributed by atoms with E-state index in [1.165, 1.54) is 0 Å². The third-order valence-corrected chi connectivity index (χ3v) is 4.50. The number of rotatable bonds is 6. The number of hydrogen-bond donors (Lipinski definition) is 1. The highest BCUT2D eigenvalue weighted by atomic mass is 19.1. The van der Waals surface area contributed by atoms with E-state index in [4.69, 9.17) is 8.94 Å². The van der Waals surface area contributed by atoms with Crippen LogP contribution in [0.15, 0.2) is 27.5 Å². The van der Waals surface area contributed by atoms with Crippen LogP contribution in [0.4, 0.5) is 4.39 Å². The summed E-state index contributed by atoms with van der Waals surface area (Å²) in [6.45, 7) is 5.13. The molecule has 0 spiro atoms. The maximum Gasteiger partial charge on any atom is 0.224 e. The number of alkyl halides is 1. The molecule has 2 aromatic heterocycles. The zero-order chi connectivity index (χ0) is 17.1. The minimum Gasteiger partial charge on any atom is -0.472 e. The van der Waals surface area contributed by atoms with Gasteiger partial charge in [-0.2, -0.15) is 0 Å². The summed E-state index contributed by atoms with van der Waals surface area (Å²) < 4.78 is 24.0. The molecule has 0 bridgehead atoms. The van der Waals surface area contributed by atoms with Gasteiger partial charge in [-0.25, -0.2) is 4.39 Å². The second kappa shape index (κ2) is 7.17. The molecule has 6 nitrogen and oxygen atoms in total. The molecule has 0 aromatic carbocycles. The zero-order valence-corrected chi connectivity index (χ0v) is 13.9. The molecule has 0 radical (unpaired) electrons. The van der Waals surface area contributed by atoms with Gasteiger partial charge in [-0.3, -0.25) is 9.69 Å². The van der Waals surface area contributed by atoms with Crippen molar-refractivity contribution < 1.29 is 18.1 Å². The normalized spacial score (nSPS) is 21.3. The molecule has 3 rings (SSSR count). The second-order valence-corrected chi connectivity index (χ2v) is 6.33. The fourth-order valence-electron chi connectivity index (χ4n) is 3.13. The highest BCUT2D eigenvalue weighted by molar-refractivity contribution is 5.78. The molecule has 1 aliphatic rings. The number of aromatic nitrogens is 1. The van der Waals surface area contributed by atoms with Gasteiger partial charge in [0.25, 0.3) is 0 Å². The van der Waals surface area contributed by atoms with Gasteiger partial charge in [0.05, 0.1) is 24.6 Å². The zero-order valence-electron chi connectivity index (χ0n) is 13.9. The van der Waals surface area contributed by atoms with Gasteiger partial charge in [0.1, 0.15) is 11.9 Å². The first-order valence-electron chi connectivity index (χ1n) is 8.10. The lowest BCUT2D eigenvalue weighted by molar-refractivity contribution is -0.120. The molecule has 24 heavy (non-hydrogen) atoms. The van der Waals surface area contributed by atoms with Crippen LogP contribution in [0.25, 0.3) is 0 Å². The molecule has 130 valence electrons. The van der Waals surface area contributed by atoms with E-state index in [0.717, 1.165) is 22.6 Å². The summed E-state index contributed by atoms with van der Waals surface area (Å²) in [5.41, 5.74) is 2.66. The van der Waals surface area contributed by atoms with Gasteiger partial charge in [-0.15, -0.1) is 0 Å². The average molecular weight is 335 g/mol. The van der Waals surface area contributed by atoms with Gasteiger partial charge in [-0.1, -0.05) is 5.16 Å². The van der Waals surface area contributed by atoms with E-state index >= 15 is 0 Å². The maximum atomic E-state index is 13.9. The number of nitrogens with zero attached hydrogens (tertiary/aromatic N) is 2. The number of carbonyl (C=O) groups excluding carboxylic acids is 1. The van der Waals surface area contributed by atoms with Crippen molar-refractivity contribution in [2.75, 3.05) is 13.1 Å². The Hall–Kier alpha value is -2.15. The number of aryl methyl sites for hydroxylation is 2. The molecular formula is C17H22FN3O3. The minimum absolute atomic E-state index is 0.0259. The van der Waals surface area contributed by atoms with Crippen molar-refractivity contribution in [1.82, 2.24) is 15.4 Å². The Labute approximate surface area is 140 Å². The summed E-state index contributed by atoms with van der Waals surface area (Å²) in [4.78, 5) is 14.0. The van der Waals surface area contributed by atoms with Gasteiger partial charge in [0.15, 0.2) is 0 Å². The second-order valence-electron chi connectivity index (χ2n) is 6.33. The molecule has 1 aliphatic heterocycles. The number of hydrogen-bond acceptors (Lipinski definition) is 5. The molecule has 1 fully saturated rings. The highest BCUT2D eigenvalue weighted by Crippen LogP contribution is 2.24. The Morgan fingerprint density at radius 2 is 2.33 bits per heavy atom. The number of amides is 1. The van der Waals surface area contributed by atoms with Gasteiger partial charge < -0.3 is 14.3 Å². The van der Waals surface area contributed by atoms with E-state index in [0.29, 0.717) is 26.1 Å².